The fourth-order valence-corrected chi connectivity index (χ4v) is 4.97. The highest BCUT2D eigenvalue weighted by molar-refractivity contribution is 6.30. The van der Waals surface area contributed by atoms with E-state index in [9.17, 15) is 18.4 Å². The van der Waals surface area contributed by atoms with Crippen molar-refractivity contribution in [3.63, 3.8) is 0 Å². The number of piperidine rings is 2. The molecule has 158 valence electrons. The normalized spacial score (nSPS) is 23.4. The average Bonchev–Trinajstić information content (AvgIpc) is 2.73. The predicted molar refractivity (Wildman–Crippen MR) is 110 cm³/mol. The van der Waals surface area contributed by atoms with E-state index in [1.54, 1.807) is 18.2 Å². The van der Waals surface area contributed by atoms with Crippen LogP contribution in [0.3, 0.4) is 0 Å². The van der Waals surface area contributed by atoms with Crippen molar-refractivity contribution in [1.29, 1.82) is 0 Å². The number of carbonyl (C=O) groups is 2. The van der Waals surface area contributed by atoms with Crippen LogP contribution < -0.4 is 5.32 Å². The highest BCUT2D eigenvalue weighted by Gasteiger charge is 2.50. The van der Waals surface area contributed by atoms with E-state index in [1.807, 2.05) is 6.07 Å². The van der Waals surface area contributed by atoms with Crippen LogP contribution >= 0.6 is 11.6 Å². The number of halogens is 3. The predicted octanol–water partition coefficient (Wildman–Crippen LogP) is 4.20. The Morgan fingerprint density at radius 3 is 2.40 bits per heavy atom. The number of nitrogens with one attached hydrogen (secondary N) is 1. The Morgan fingerprint density at radius 1 is 1.07 bits per heavy atom. The van der Waals surface area contributed by atoms with Gasteiger partial charge in [-0.2, -0.15) is 0 Å². The lowest BCUT2D eigenvalue weighted by molar-refractivity contribution is -0.140. The van der Waals surface area contributed by atoms with Crippen LogP contribution in [-0.2, 0) is 21.5 Å². The molecule has 2 aliphatic rings. The minimum absolute atomic E-state index is 0.0364. The average molecular weight is 433 g/mol. The third-order valence-corrected chi connectivity index (χ3v) is 6.75. The summed E-state index contributed by atoms with van der Waals surface area (Å²) in [5.74, 6) is -1.30. The van der Waals surface area contributed by atoms with Gasteiger partial charge < -0.3 is 0 Å². The van der Waals surface area contributed by atoms with Gasteiger partial charge in [-0.15, -0.1) is 0 Å². The molecule has 2 fully saturated rings. The fraction of sp³-hybridized carbons (Fsp3) is 0.391. The van der Waals surface area contributed by atoms with E-state index >= 15 is 0 Å². The van der Waals surface area contributed by atoms with Crippen LogP contribution in [-0.4, -0.2) is 29.8 Å². The highest BCUT2D eigenvalue weighted by atomic mass is 35.5. The Kier molecular flexibility index (Phi) is 5.89. The Labute approximate surface area is 179 Å². The minimum Gasteiger partial charge on any atom is -0.299 e. The molecule has 0 aromatic heterocycles. The van der Waals surface area contributed by atoms with Crippen molar-refractivity contribution in [1.82, 2.24) is 10.2 Å². The maximum atomic E-state index is 13.7. The lowest BCUT2D eigenvalue weighted by Crippen LogP contribution is -2.57. The third-order valence-electron chi connectivity index (χ3n) is 6.44. The Bertz CT molecular complexity index is 958. The monoisotopic (exact) mass is 432 g/mol. The van der Waals surface area contributed by atoms with Gasteiger partial charge in [-0.05, 0) is 73.7 Å². The molecule has 0 bridgehead atoms. The molecule has 4 rings (SSSR count). The molecule has 2 aromatic carbocycles. The smallest absolute Gasteiger partial charge is 0.237 e. The lowest BCUT2D eigenvalue weighted by Gasteiger charge is -2.45. The molecule has 0 saturated carbocycles. The van der Waals surface area contributed by atoms with Gasteiger partial charge in [0.15, 0.2) is 0 Å². The van der Waals surface area contributed by atoms with Crippen LogP contribution in [0.25, 0.3) is 0 Å². The van der Waals surface area contributed by atoms with Gasteiger partial charge in [-0.25, -0.2) is 8.78 Å². The summed E-state index contributed by atoms with van der Waals surface area (Å²) in [6.07, 6.45) is 2.22. The molecule has 2 aliphatic heterocycles. The van der Waals surface area contributed by atoms with Crippen molar-refractivity contribution in [2.45, 2.75) is 37.6 Å². The van der Waals surface area contributed by atoms with Crippen LogP contribution in [0.1, 0.15) is 36.8 Å². The zero-order valence-corrected chi connectivity index (χ0v) is 17.2. The molecule has 7 heteroatoms. The van der Waals surface area contributed by atoms with Crippen LogP contribution in [0.15, 0.2) is 42.5 Å². The zero-order chi connectivity index (χ0) is 21.3. The molecule has 2 heterocycles. The lowest BCUT2D eigenvalue weighted by atomic mass is 9.62. The molecule has 4 nitrogen and oxygen atoms in total. The van der Waals surface area contributed by atoms with Crippen molar-refractivity contribution in [2.24, 2.45) is 5.92 Å². The van der Waals surface area contributed by atoms with E-state index in [2.05, 4.69) is 10.2 Å². The second-order valence-electron chi connectivity index (χ2n) is 8.15. The van der Waals surface area contributed by atoms with E-state index in [-0.39, 0.29) is 35.0 Å². The summed E-state index contributed by atoms with van der Waals surface area (Å²) in [6, 6.07) is 10.9. The first-order valence-electron chi connectivity index (χ1n) is 10.1. The molecule has 0 spiro atoms. The van der Waals surface area contributed by atoms with E-state index in [0.717, 1.165) is 37.1 Å². The molecule has 2 amide bonds. The van der Waals surface area contributed by atoms with E-state index < -0.39 is 11.2 Å². The molecule has 1 atom stereocenters. The van der Waals surface area contributed by atoms with Crippen LogP contribution in [0.4, 0.5) is 8.78 Å². The molecular formula is C23H23ClF2N2O2. The first kappa shape index (κ1) is 20.9. The van der Waals surface area contributed by atoms with Crippen molar-refractivity contribution in [2.75, 3.05) is 13.1 Å². The van der Waals surface area contributed by atoms with Gasteiger partial charge in [0.25, 0.3) is 0 Å². The van der Waals surface area contributed by atoms with E-state index in [4.69, 9.17) is 11.6 Å². The molecule has 1 N–H and O–H groups in total. The first-order valence-corrected chi connectivity index (χ1v) is 10.5. The first-order chi connectivity index (χ1) is 14.4. The summed E-state index contributed by atoms with van der Waals surface area (Å²) >= 11 is 5.76. The van der Waals surface area contributed by atoms with Crippen molar-refractivity contribution < 1.29 is 18.4 Å². The van der Waals surface area contributed by atoms with E-state index in [0.29, 0.717) is 13.0 Å². The third kappa shape index (κ3) is 3.98. The van der Waals surface area contributed by atoms with Gasteiger partial charge in [-0.1, -0.05) is 29.8 Å². The standard InChI is InChI=1S/C23H23ClF2N2O2/c24-19-6-1-15(13-20(19)26)14-28-11-8-17(9-12-28)23(10-7-21(29)27-22(23)30)16-2-4-18(25)5-3-16/h1-6,13,17H,7-12,14H2,(H,27,29,30). The number of hydrogen-bond donors (Lipinski definition) is 1. The summed E-state index contributed by atoms with van der Waals surface area (Å²) in [7, 11) is 0. The topological polar surface area (TPSA) is 49.4 Å². The molecule has 2 aromatic rings. The number of hydrogen-bond acceptors (Lipinski definition) is 3. The number of benzene rings is 2. The second kappa shape index (κ2) is 8.44. The zero-order valence-electron chi connectivity index (χ0n) is 16.5. The van der Waals surface area contributed by atoms with Gasteiger partial charge in [0.1, 0.15) is 11.6 Å². The van der Waals surface area contributed by atoms with E-state index in [1.165, 1.54) is 18.2 Å². The number of carbonyl (C=O) groups excluding carboxylic acids is 2. The maximum Gasteiger partial charge on any atom is 0.237 e. The molecule has 30 heavy (non-hydrogen) atoms. The number of amides is 2. The quantitative estimate of drug-likeness (QED) is 0.736. The molecule has 0 radical (unpaired) electrons. The Balaban J connectivity index is 1.52. The summed E-state index contributed by atoms with van der Waals surface area (Å²) in [5, 5.41) is 2.61. The SMILES string of the molecule is O=C1CCC(c2ccc(F)cc2)(C2CCN(Cc3ccc(Cl)c(F)c3)CC2)C(=O)N1. The van der Waals surface area contributed by atoms with Crippen molar-refractivity contribution in [3.05, 3.63) is 70.2 Å². The largest absolute Gasteiger partial charge is 0.299 e. The number of rotatable bonds is 4. The minimum atomic E-state index is -0.833. The highest BCUT2D eigenvalue weighted by Crippen LogP contribution is 2.44. The molecule has 2 saturated heterocycles. The molecular weight excluding hydrogens is 410 g/mol. The maximum absolute atomic E-state index is 13.7. The summed E-state index contributed by atoms with van der Waals surface area (Å²) in [4.78, 5) is 27.1. The number of nitrogens with zero attached hydrogens (tertiary/aromatic N) is 1. The fourth-order valence-electron chi connectivity index (χ4n) is 4.85. The van der Waals surface area contributed by atoms with Gasteiger partial charge in [-0.3, -0.25) is 19.8 Å². The van der Waals surface area contributed by atoms with Crippen molar-refractivity contribution >= 4 is 23.4 Å². The van der Waals surface area contributed by atoms with Crippen molar-refractivity contribution in [3.8, 4) is 0 Å². The molecule has 1 unspecified atom stereocenters. The number of imide groups is 1. The molecule has 0 aliphatic carbocycles. The Morgan fingerprint density at radius 2 is 1.77 bits per heavy atom. The van der Waals surface area contributed by atoms with Gasteiger partial charge in [0.05, 0.1) is 10.4 Å². The van der Waals surface area contributed by atoms with Gasteiger partial charge in [0.2, 0.25) is 11.8 Å². The van der Waals surface area contributed by atoms with Gasteiger partial charge >= 0.3 is 0 Å². The summed E-state index contributed by atoms with van der Waals surface area (Å²) in [5.41, 5.74) is 0.775. The summed E-state index contributed by atoms with van der Waals surface area (Å²) in [6.45, 7) is 2.10. The van der Waals surface area contributed by atoms with Crippen LogP contribution in [0.5, 0.6) is 0 Å². The van der Waals surface area contributed by atoms with Gasteiger partial charge in [0, 0.05) is 13.0 Å². The summed E-state index contributed by atoms with van der Waals surface area (Å²) < 4.78 is 27.2. The Hall–Kier alpha value is -2.31. The number of likely N-dealkylation sites (tertiary alicyclic amines) is 1. The van der Waals surface area contributed by atoms with Crippen LogP contribution in [0.2, 0.25) is 5.02 Å². The second-order valence-corrected chi connectivity index (χ2v) is 8.56. The van der Waals surface area contributed by atoms with Crippen LogP contribution in [0, 0.1) is 17.6 Å².